The molecule has 0 spiro atoms. The standard InChI is InChI=1S/C15H22ClN3O2S/c1-10(17-14(20)11-7-13(16)22-9-11)8-19(3)15(21)12-5-4-6-18(12)2/h7,9-10,12H,4-6,8H2,1-3H3,(H,17,20)/t10?,12-/m0/s1. The highest BCUT2D eigenvalue weighted by Crippen LogP contribution is 2.20. The van der Waals surface area contributed by atoms with Crippen molar-refractivity contribution in [1.82, 2.24) is 15.1 Å². The molecule has 1 aliphatic heterocycles. The Hall–Kier alpha value is -1.11. The second-order valence-corrected chi connectivity index (χ2v) is 7.41. The van der Waals surface area contributed by atoms with E-state index in [0.717, 1.165) is 19.4 Å². The molecular formula is C15H22ClN3O2S. The van der Waals surface area contributed by atoms with Crippen molar-refractivity contribution in [2.45, 2.75) is 31.8 Å². The highest BCUT2D eigenvalue weighted by Gasteiger charge is 2.30. The summed E-state index contributed by atoms with van der Waals surface area (Å²) in [4.78, 5) is 28.3. The van der Waals surface area contributed by atoms with Gasteiger partial charge in [0.2, 0.25) is 5.91 Å². The maximum atomic E-state index is 12.4. The van der Waals surface area contributed by atoms with Crippen molar-refractivity contribution in [2.75, 3.05) is 27.2 Å². The average molecular weight is 344 g/mol. The summed E-state index contributed by atoms with van der Waals surface area (Å²) in [6.45, 7) is 3.36. The number of likely N-dealkylation sites (tertiary alicyclic amines) is 1. The van der Waals surface area contributed by atoms with Crippen molar-refractivity contribution in [2.24, 2.45) is 0 Å². The minimum atomic E-state index is -0.158. The number of carbonyl (C=O) groups excluding carboxylic acids is 2. The van der Waals surface area contributed by atoms with Gasteiger partial charge >= 0.3 is 0 Å². The summed E-state index contributed by atoms with van der Waals surface area (Å²) >= 11 is 7.16. The molecule has 1 fully saturated rings. The van der Waals surface area contributed by atoms with Crippen LogP contribution in [0.5, 0.6) is 0 Å². The summed E-state index contributed by atoms with van der Waals surface area (Å²) in [6, 6.07) is 1.51. The summed E-state index contributed by atoms with van der Waals surface area (Å²) in [5.41, 5.74) is 0.561. The van der Waals surface area contributed by atoms with Gasteiger partial charge in [0.1, 0.15) is 0 Å². The smallest absolute Gasteiger partial charge is 0.252 e. The molecule has 1 aromatic rings. The number of nitrogens with one attached hydrogen (secondary N) is 1. The average Bonchev–Trinajstić information content (AvgIpc) is 3.06. The van der Waals surface area contributed by atoms with Crippen molar-refractivity contribution in [3.8, 4) is 0 Å². The lowest BCUT2D eigenvalue weighted by atomic mass is 10.2. The van der Waals surface area contributed by atoms with Crippen LogP contribution in [-0.2, 0) is 4.79 Å². The third-order valence-electron chi connectivity index (χ3n) is 3.94. The van der Waals surface area contributed by atoms with Crippen molar-refractivity contribution >= 4 is 34.8 Å². The summed E-state index contributed by atoms with van der Waals surface area (Å²) in [7, 11) is 3.77. The van der Waals surface area contributed by atoms with Gasteiger partial charge in [-0.3, -0.25) is 14.5 Å². The summed E-state index contributed by atoms with van der Waals surface area (Å²) in [6.07, 6.45) is 1.97. The highest BCUT2D eigenvalue weighted by atomic mass is 35.5. The van der Waals surface area contributed by atoms with Gasteiger partial charge in [-0.05, 0) is 39.4 Å². The van der Waals surface area contributed by atoms with Gasteiger partial charge < -0.3 is 10.2 Å². The molecule has 1 unspecified atom stereocenters. The van der Waals surface area contributed by atoms with E-state index in [1.807, 2.05) is 14.0 Å². The Kier molecular flexibility index (Phi) is 5.83. The number of carbonyl (C=O) groups is 2. The van der Waals surface area contributed by atoms with Gasteiger partial charge in [-0.2, -0.15) is 0 Å². The molecule has 2 rings (SSSR count). The molecule has 0 saturated carbocycles. The van der Waals surface area contributed by atoms with Gasteiger partial charge in [0, 0.05) is 25.0 Å². The van der Waals surface area contributed by atoms with Gasteiger partial charge in [-0.25, -0.2) is 0 Å². The first kappa shape index (κ1) is 17.2. The first-order valence-corrected chi connectivity index (χ1v) is 8.64. The summed E-state index contributed by atoms with van der Waals surface area (Å²) in [5, 5.41) is 4.63. The van der Waals surface area contributed by atoms with Gasteiger partial charge in [0.15, 0.2) is 0 Å². The van der Waals surface area contributed by atoms with Crippen LogP contribution in [0.2, 0.25) is 4.34 Å². The Morgan fingerprint density at radius 1 is 1.59 bits per heavy atom. The number of likely N-dealkylation sites (N-methyl/N-ethyl adjacent to an activating group) is 2. The number of halogens is 1. The second kappa shape index (κ2) is 7.44. The molecule has 1 N–H and O–H groups in total. The van der Waals surface area contributed by atoms with Crippen molar-refractivity contribution < 1.29 is 9.59 Å². The molecule has 0 bridgehead atoms. The maximum Gasteiger partial charge on any atom is 0.252 e. The lowest BCUT2D eigenvalue weighted by Crippen LogP contribution is -2.48. The number of nitrogens with zero attached hydrogens (tertiary/aromatic N) is 2. The fourth-order valence-electron chi connectivity index (χ4n) is 2.76. The van der Waals surface area contributed by atoms with Gasteiger partial charge in [-0.1, -0.05) is 11.6 Å². The van der Waals surface area contributed by atoms with E-state index in [0.29, 0.717) is 16.4 Å². The van der Waals surface area contributed by atoms with E-state index < -0.39 is 0 Å². The Balaban J connectivity index is 1.84. The molecule has 5 nitrogen and oxygen atoms in total. The molecule has 0 aliphatic carbocycles. The van der Waals surface area contributed by atoms with Crippen molar-refractivity contribution in [3.63, 3.8) is 0 Å². The maximum absolute atomic E-state index is 12.4. The zero-order valence-electron chi connectivity index (χ0n) is 13.1. The van der Waals surface area contributed by atoms with E-state index in [-0.39, 0.29) is 23.9 Å². The van der Waals surface area contributed by atoms with Crippen LogP contribution in [0.25, 0.3) is 0 Å². The Labute approximate surface area is 140 Å². The van der Waals surface area contributed by atoms with Gasteiger partial charge in [0.05, 0.1) is 15.9 Å². The predicted molar refractivity (Wildman–Crippen MR) is 89.5 cm³/mol. The number of hydrogen-bond acceptors (Lipinski definition) is 4. The highest BCUT2D eigenvalue weighted by molar-refractivity contribution is 7.14. The molecule has 1 aromatic heterocycles. The predicted octanol–water partition coefficient (Wildman–Crippen LogP) is 2.07. The Morgan fingerprint density at radius 3 is 2.86 bits per heavy atom. The van der Waals surface area contributed by atoms with E-state index >= 15 is 0 Å². The number of thiophene rings is 1. The van der Waals surface area contributed by atoms with Crippen LogP contribution in [0.3, 0.4) is 0 Å². The topological polar surface area (TPSA) is 52.7 Å². The summed E-state index contributed by atoms with van der Waals surface area (Å²) in [5.74, 6) is -0.0332. The fourth-order valence-corrected chi connectivity index (χ4v) is 3.62. The Bertz CT molecular complexity index is 549. The van der Waals surface area contributed by atoms with Crippen LogP contribution in [0.15, 0.2) is 11.4 Å². The molecule has 22 heavy (non-hydrogen) atoms. The third kappa shape index (κ3) is 4.21. The molecular weight excluding hydrogens is 322 g/mol. The number of amides is 2. The molecule has 0 radical (unpaired) electrons. The zero-order valence-corrected chi connectivity index (χ0v) is 14.7. The van der Waals surface area contributed by atoms with Gasteiger partial charge in [0.25, 0.3) is 5.91 Å². The lowest BCUT2D eigenvalue weighted by molar-refractivity contribution is -0.134. The van der Waals surface area contributed by atoms with Crippen LogP contribution in [0.1, 0.15) is 30.1 Å². The van der Waals surface area contributed by atoms with Crippen LogP contribution in [-0.4, -0.2) is 60.9 Å². The quantitative estimate of drug-likeness (QED) is 0.890. The zero-order chi connectivity index (χ0) is 16.3. The fraction of sp³-hybridized carbons (Fsp3) is 0.600. The lowest BCUT2D eigenvalue weighted by Gasteiger charge is -2.27. The molecule has 7 heteroatoms. The normalized spacial score (nSPS) is 19.9. The number of rotatable bonds is 5. The molecule has 2 amide bonds. The minimum absolute atomic E-state index is 0.0245. The minimum Gasteiger partial charge on any atom is -0.348 e. The Morgan fingerprint density at radius 2 is 2.32 bits per heavy atom. The van der Waals surface area contributed by atoms with Crippen LogP contribution in [0.4, 0.5) is 0 Å². The first-order valence-electron chi connectivity index (χ1n) is 7.38. The van der Waals surface area contributed by atoms with Crippen LogP contribution in [0, 0.1) is 0 Å². The molecule has 2 atom stereocenters. The van der Waals surface area contributed by atoms with Crippen molar-refractivity contribution in [1.29, 1.82) is 0 Å². The van der Waals surface area contributed by atoms with E-state index in [4.69, 9.17) is 11.6 Å². The molecule has 1 saturated heterocycles. The van der Waals surface area contributed by atoms with E-state index in [1.54, 1.807) is 23.4 Å². The van der Waals surface area contributed by atoms with Gasteiger partial charge in [-0.15, -0.1) is 11.3 Å². The first-order chi connectivity index (χ1) is 10.4. The van der Waals surface area contributed by atoms with Crippen LogP contribution < -0.4 is 5.32 Å². The second-order valence-electron chi connectivity index (χ2n) is 5.87. The summed E-state index contributed by atoms with van der Waals surface area (Å²) < 4.78 is 0.592. The van der Waals surface area contributed by atoms with E-state index in [1.165, 1.54) is 11.3 Å². The molecule has 2 heterocycles. The SMILES string of the molecule is CC(CN(C)C(=O)[C@@H]1CCCN1C)NC(=O)c1csc(Cl)c1. The largest absolute Gasteiger partial charge is 0.348 e. The molecule has 122 valence electrons. The van der Waals surface area contributed by atoms with Crippen LogP contribution >= 0.6 is 22.9 Å². The van der Waals surface area contributed by atoms with E-state index in [2.05, 4.69) is 10.2 Å². The molecule has 0 aromatic carbocycles. The number of hydrogen-bond donors (Lipinski definition) is 1. The third-order valence-corrected chi connectivity index (χ3v) is 5.03. The van der Waals surface area contributed by atoms with E-state index in [9.17, 15) is 9.59 Å². The molecule has 1 aliphatic rings. The monoisotopic (exact) mass is 343 g/mol. The van der Waals surface area contributed by atoms with Crippen molar-refractivity contribution in [3.05, 3.63) is 21.3 Å².